The van der Waals surface area contributed by atoms with E-state index < -0.39 is 0 Å². The lowest BCUT2D eigenvalue weighted by Gasteiger charge is -2.08. The van der Waals surface area contributed by atoms with Gasteiger partial charge in [0.05, 0.1) is 19.9 Å². The Morgan fingerprint density at radius 2 is 1.19 bits per heavy atom. The molecule has 0 saturated heterocycles. The molecule has 0 aliphatic carbocycles. The van der Waals surface area contributed by atoms with Crippen LogP contribution >= 0.6 is 0 Å². The maximum Gasteiger partial charge on any atom is 0.118 e. The number of H-pyrrole nitrogens is 1. The summed E-state index contributed by atoms with van der Waals surface area (Å²) < 4.78 is 10.6. The number of rotatable bonds is 5. The summed E-state index contributed by atoms with van der Waals surface area (Å²) in [5.41, 5.74) is 6.17. The van der Waals surface area contributed by atoms with E-state index >= 15 is 0 Å². The van der Waals surface area contributed by atoms with Crippen LogP contribution < -0.4 is 9.47 Å². The monoisotopic (exact) mass is 356 g/mol. The molecule has 27 heavy (non-hydrogen) atoms. The van der Waals surface area contributed by atoms with Crippen molar-refractivity contribution in [2.75, 3.05) is 14.2 Å². The SMILES string of the molecule is COc1ccc(-c2n[nH]c(-c3ccc(OC)cc3)c2-c2ccccc2)cc1. The molecule has 0 spiro atoms. The summed E-state index contributed by atoms with van der Waals surface area (Å²) >= 11 is 0. The van der Waals surface area contributed by atoms with Gasteiger partial charge in [-0.1, -0.05) is 30.3 Å². The van der Waals surface area contributed by atoms with Crippen molar-refractivity contribution in [1.82, 2.24) is 10.2 Å². The van der Waals surface area contributed by atoms with Gasteiger partial charge in [-0.2, -0.15) is 5.10 Å². The number of benzene rings is 3. The highest BCUT2D eigenvalue weighted by Gasteiger charge is 2.18. The van der Waals surface area contributed by atoms with Crippen LogP contribution in [0, 0.1) is 0 Å². The number of hydrogen-bond donors (Lipinski definition) is 1. The topological polar surface area (TPSA) is 47.1 Å². The normalized spacial score (nSPS) is 10.6. The Morgan fingerprint density at radius 3 is 1.74 bits per heavy atom. The zero-order valence-electron chi connectivity index (χ0n) is 15.3. The molecular weight excluding hydrogens is 336 g/mol. The number of nitrogens with zero attached hydrogens (tertiary/aromatic N) is 1. The van der Waals surface area contributed by atoms with Crippen molar-refractivity contribution in [2.45, 2.75) is 0 Å². The van der Waals surface area contributed by atoms with Crippen molar-refractivity contribution >= 4 is 0 Å². The average Bonchev–Trinajstić information content (AvgIpc) is 3.19. The van der Waals surface area contributed by atoms with Crippen molar-refractivity contribution in [3.8, 4) is 45.1 Å². The van der Waals surface area contributed by atoms with Crippen molar-refractivity contribution in [2.24, 2.45) is 0 Å². The average molecular weight is 356 g/mol. The third-order valence-corrected chi connectivity index (χ3v) is 4.57. The van der Waals surface area contributed by atoms with Gasteiger partial charge in [-0.15, -0.1) is 0 Å². The highest BCUT2D eigenvalue weighted by Crippen LogP contribution is 2.38. The number of methoxy groups -OCH3 is 2. The summed E-state index contributed by atoms with van der Waals surface area (Å²) in [6.07, 6.45) is 0. The largest absolute Gasteiger partial charge is 0.497 e. The molecule has 0 aliphatic rings. The minimum absolute atomic E-state index is 0.825. The second-order valence-electron chi connectivity index (χ2n) is 6.15. The Labute approximate surface area is 158 Å². The van der Waals surface area contributed by atoms with E-state index in [4.69, 9.17) is 9.47 Å². The molecule has 1 N–H and O–H groups in total. The van der Waals surface area contributed by atoms with Crippen molar-refractivity contribution in [3.63, 3.8) is 0 Å². The highest BCUT2D eigenvalue weighted by molar-refractivity contribution is 5.91. The zero-order valence-corrected chi connectivity index (χ0v) is 15.3. The van der Waals surface area contributed by atoms with Crippen LogP contribution in [-0.4, -0.2) is 24.4 Å². The van der Waals surface area contributed by atoms with E-state index in [0.29, 0.717) is 0 Å². The smallest absolute Gasteiger partial charge is 0.118 e. The molecule has 3 aromatic carbocycles. The van der Waals surface area contributed by atoms with E-state index in [9.17, 15) is 0 Å². The lowest BCUT2D eigenvalue weighted by Crippen LogP contribution is -1.87. The molecule has 0 fully saturated rings. The van der Waals surface area contributed by atoms with Crippen molar-refractivity contribution in [3.05, 3.63) is 78.9 Å². The van der Waals surface area contributed by atoms with Crippen LogP contribution in [0.2, 0.25) is 0 Å². The van der Waals surface area contributed by atoms with Crippen LogP contribution in [0.5, 0.6) is 11.5 Å². The van der Waals surface area contributed by atoms with Crippen molar-refractivity contribution in [1.29, 1.82) is 0 Å². The first-order valence-electron chi connectivity index (χ1n) is 8.73. The van der Waals surface area contributed by atoms with Crippen LogP contribution in [0.4, 0.5) is 0 Å². The van der Waals surface area contributed by atoms with E-state index in [2.05, 4.69) is 22.3 Å². The third-order valence-electron chi connectivity index (χ3n) is 4.57. The molecule has 0 saturated carbocycles. The molecule has 0 unspecified atom stereocenters. The molecule has 0 atom stereocenters. The molecule has 4 rings (SSSR count). The maximum atomic E-state index is 5.28. The van der Waals surface area contributed by atoms with Crippen LogP contribution in [0.1, 0.15) is 0 Å². The Balaban J connectivity index is 1.87. The first kappa shape index (κ1) is 16.9. The fraction of sp³-hybridized carbons (Fsp3) is 0.0870. The molecule has 4 nitrogen and oxygen atoms in total. The number of nitrogens with one attached hydrogen (secondary N) is 1. The highest BCUT2D eigenvalue weighted by atomic mass is 16.5. The number of ether oxygens (including phenoxy) is 2. The standard InChI is InChI=1S/C23H20N2O2/c1-26-19-12-8-17(9-13-19)22-21(16-6-4-3-5-7-16)23(25-24-22)18-10-14-20(27-2)15-11-18/h3-15H,1-2H3,(H,24,25). The predicted octanol–water partition coefficient (Wildman–Crippen LogP) is 5.43. The van der Waals surface area contributed by atoms with Crippen LogP contribution in [-0.2, 0) is 0 Å². The Kier molecular flexibility index (Phi) is 4.62. The number of aromatic nitrogens is 2. The first-order valence-corrected chi connectivity index (χ1v) is 8.73. The van der Waals surface area contributed by atoms with Gasteiger partial charge in [0.25, 0.3) is 0 Å². The van der Waals surface area contributed by atoms with Gasteiger partial charge in [-0.05, 0) is 54.1 Å². The lowest BCUT2D eigenvalue weighted by molar-refractivity contribution is 0.415. The van der Waals surface area contributed by atoms with Gasteiger partial charge >= 0.3 is 0 Å². The minimum Gasteiger partial charge on any atom is -0.497 e. The molecule has 0 radical (unpaired) electrons. The summed E-state index contributed by atoms with van der Waals surface area (Å²) in [5, 5.41) is 7.87. The molecule has 1 aromatic heterocycles. The van der Waals surface area contributed by atoms with Gasteiger partial charge in [0.1, 0.15) is 17.2 Å². The van der Waals surface area contributed by atoms with E-state index in [1.54, 1.807) is 14.2 Å². The fourth-order valence-corrected chi connectivity index (χ4v) is 3.15. The molecule has 0 bridgehead atoms. The van der Waals surface area contributed by atoms with Gasteiger partial charge in [0, 0.05) is 16.7 Å². The van der Waals surface area contributed by atoms with Gasteiger partial charge in [-0.25, -0.2) is 0 Å². The quantitative estimate of drug-likeness (QED) is 0.519. The summed E-state index contributed by atoms with van der Waals surface area (Å²) in [7, 11) is 3.34. The zero-order chi connectivity index (χ0) is 18.6. The molecule has 1 heterocycles. The van der Waals surface area contributed by atoms with Crippen LogP contribution in [0.25, 0.3) is 33.6 Å². The molecule has 0 aliphatic heterocycles. The lowest BCUT2D eigenvalue weighted by atomic mass is 9.96. The van der Waals surface area contributed by atoms with E-state index in [1.807, 2.05) is 66.7 Å². The minimum atomic E-state index is 0.825. The van der Waals surface area contributed by atoms with Crippen LogP contribution in [0.15, 0.2) is 78.9 Å². The first-order chi connectivity index (χ1) is 13.3. The molecule has 134 valence electrons. The number of aromatic amines is 1. The predicted molar refractivity (Wildman–Crippen MR) is 108 cm³/mol. The Bertz CT molecular complexity index is 955. The molecule has 0 amide bonds. The van der Waals surface area contributed by atoms with Crippen molar-refractivity contribution < 1.29 is 9.47 Å². The summed E-state index contributed by atoms with van der Waals surface area (Å²) in [6, 6.07) is 26.2. The summed E-state index contributed by atoms with van der Waals surface area (Å²) in [6.45, 7) is 0. The molecule has 4 heteroatoms. The van der Waals surface area contributed by atoms with Gasteiger partial charge in [0.2, 0.25) is 0 Å². The summed E-state index contributed by atoms with van der Waals surface area (Å²) in [5.74, 6) is 1.65. The van der Waals surface area contributed by atoms with Gasteiger partial charge in [-0.3, -0.25) is 5.10 Å². The van der Waals surface area contributed by atoms with E-state index in [0.717, 1.165) is 45.1 Å². The van der Waals surface area contributed by atoms with E-state index in [1.165, 1.54) is 0 Å². The second-order valence-corrected chi connectivity index (χ2v) is 6.15. The Hall–Kier alpha value is -3.53. The maximum absolute atomic E-state index is 5.28. The molecule has 4 aromatic rings. The Morgan fingerprint density at radius 1 is 0.630 bits per heavy atom. The van der Waals surface area contributed by atoms with Gasteiger partial charge in [0.15, 0.2) is 0 Å². The molecular formula is C23H20N2O2. The summed E-state index contributed by atoms with van der Waals surface area (Å²) in [4.78, 5) is 0. The van der Waals surface area contributed by atoms with Crippen LogP contribution in [0.3, 0.4) is 0 Å². The van der Waals surface area contributed by atoms with E-state index in [-0.39, 0.29) is 0 Å². The fourth-order valence-electron chi connectivity index (χ4n) is 3.15. The number of hydrogen-bond acceptors (Lipinski definition) is 3. The van der Waals surface area contributed by atoms with Gasteiger partial charge < -0.3 is 9.47 Å². The third kappa shape index (κ3) is 3.29. The second kappa shape index (κ2) is 7.38.